The van der Waals surface area contributed by atoms with Gasteiger partial charge in [0.05, 0.1) is 30.9 Å². The zero-order chi connectivity index (χ0) is 20.1. The lowest BCUT2D eigenvalue weighted by molar-refractivity contribution is -0.139. The van der Waals surface area contributed by atoms with Crippen molar-refractivity contribution in [1.29, 1.82) is 0 Å². The van der Waals surface area contributed by atoms with Gasteiger partial charge in [-0.3, -0.25) is 9.59 Å². The van der Waals surface area contributed by atoms with E-state index in [0.29, 0.717) is 5.76 Å². The summed E-state index contributed by atoms with van der Waals surface area (Å²) in [5, 5.41) is 4.72. The van der Waals surface area contributed by atoms with E-state index in [1.165, 1.54) is 6.26 Å². The Hall–Kier alpha value is -2.76. The van der Waals surface area contributed by atoms with Crippen LogP contribution in [0.4, 0.5) is 4.39 Å². The van der Waals surface area contributed by atoms with E-state index in [1.54, 1.807) is 12.1 Å². The van der Waals surface area contributed by atoms with Crippen LogP contribution in [0.2, 0.25) is 0 Å². The molecule has 2 aromatic rings. The van der Waals surface area contributed by atoms with Crippen molar-refractivity contribution < 1.29 is 31.6 Å². The number of ether oxygens (including phenoxy) is 1. The molecule has 0 aliphatic carbocycles. The largest absolute Gasteiger partial charge is 0.467 e. The van der Waals surface area contributed by atoms with E-state index >= 15 is 0 Å². The number of hydrogen-bond donors (Lipinski definition) is 2. The van der Waals surface area contributed by atoms with E-state index in [0.717, 1.165) is 28.6 Å². The molecular weight excluding hydrogens is 393 g/mol. The number of carbonyl (C=O) groups is 2. The highest BCUT2D eigenvalue weighted by Gasteiger charge is 2.36. The number of rotatable bonds is 6. The second-order valence-corrected chi connectivity index (χ2v) is 7.76. The third-order valence-corrected chi connectivity index (χ3v) is 5.91. The maximum absolute atomic E-state index is 13.0. The molecule has 0 bridgehead atoms. The molecule has 1 aliphatic heterocycles. The number of nitrogens with one attached hydrogen (secondary N) is 2. The monoisotopic (exact) mass is 411 g/mol. The van der Waals surface area contributed by atoms with E-state index in [2.05, 4.69) is 10.6 Å². The molecule has 2 heterocycles. The maximum Gasteiger partial charge on any atom is 0.309 e. The summed E-state index contributed by atoms with van der Waals surface area (Å²) in [7, 11) is -3.94. The highest BCUT2D eigenvalue weighted by molar-refractivity contribution is 7.89. The van der Waals surface area contributed by atoms with Crippen molar-refractivity contribution in [2.45, 2.75) is 17.7 Å². The smallest absolute Gasteiger partial charge is 0.309 e. The molecule has 2 N–H and O–H groups in total. The lowest BCUT2D eigenvalue weighted by Gasteiger charge is -2.22. The number of furan rings is 1. The molecule has 3 rings (SSSR count). The van der Waals surface area contributed by atoms with Gasteiger partial charge in [-0.1, -0.05) is 0 Å². The van der Waals surface area contributed by atoms with Crippen LogP contribution >= 0.6 is 0 Å². The molecule has 1 aromatic heterocycles. The Morgan fingerprint density at radius 1 is 1.14 bits per heavy atom. The summed E-state index contributed by atoms with van der Waals surface area (Å²) < 4.78 is 49.9. The van der Waals surface area contributed by atoms with Crippen LogP contribution in [0.5, 0.6) is 0 Å². The Morgan fingerprint density at radius 3 is 2.54 bits per heavy atom. The first-order chi connectivity index (χ1) is 13.4. The summed E-state index contributed by atoms with van der Waals surface area (Å²) in [5.41, 5.74) is 0. The predicted molar refractivity (Wildman–Crippen MR) is 93.6 cm³/mol. The van der Waals surface area contributed by atoms with Crippen LogP contribution < -0.4 is 10.6 Å². The summed E-state index contributed by atoms with van der Waals surface area (Å²) in [6.07, 6.45) is 0.465. The minimum absolute atomic E-state index is 0.0459. The molecule has 2 amide bonds. The van der Waals surface area contributed by atoms with E-state index < -0.39 is 33.9 Å². The van der Waals surface area contributed by atoms with Crippen LogP contribution in [-0.2, 0) is 30.9 Å². The molecular formula is C17H18FN3O6S. The number of amides is 2. The predicted octanol–water partition coefficient (Wildman–Crippen LogP) is 0.198. The first-order valence-corrected chi connectivity index (χ1v) is 9.79. The zero-order valence-corrected chi connectivity index (χ0v) is 15.4. The molecule has 11 heteroatoms. The molecule has 1 saturated heterocycles. The van der Waals surface area contributed by atoms with Crippen LogP contribution in [0.25, 0.3) is 0 Å². The van der Waals surface area contributed by atoms with Crippen molar-refractivity contribution >= 4 is 21.8 Å². The minimum atomic E-state index is -3.94. The minimum Gasteiger partial charge on any atom is -0.467 e. The third-order valence-electron chi connectivity index (χ3n) is 4.01. The van der Waals surface area contributed by atoms with Crippen molar-refractivity contribution in [1.82, 2.24) is 14.9 Å². The van der Waals surface area contributed by atoms with Crippen LogP contribution in [0.15, 0.2) is 52.0 Å². The summed E-state index contributed by atoms with van der Waals surface area (Å²) in [6.45, 7) is 0.0360. The third kappa shape index (κ3) is 4.55. The quantitative estimate of drug-likeness (QED) is 0.656. The fourth-order valence-corrected chi connectivity index (χ4v) is 4.12. The van der Waals surface area contributed by atoms with Crippen molar-refractivity contribution in [3.8, 4) is 0 Å². The molecule has 150 valence electrons. The standard InChI is InChI=1S/C17H18FN3O6S/c18-12-3-5-14(6-4-12)28(24,25)21-7-9-27-15(21)11-20-17(23)16(22)19-10-13-2-1-8-26-13/h1-6,8,15H,7,9-11H2,(H,19,22)(H,20,23)/t15-/m0/s1. The van der Waals surface area contributed by atoms with Crippen molar-refractivity contribution in [2.24, 2.45) is 0 Å². The van der Waals surface area contributed by atoms with Crippen LogP contribution in [0.1, 0.15) is 5.76 Å². The van der Waals surface area contributed by atoms with E-state index in [-0.39, 0.29) is 31.1 Å². The Kier molecular flexibility index (Phi) is 6.07. The van der Waals surface area contributed by atoms with Gasteiger partial charge < -0.3 is 19.8 Å². The molecule has 9 nitrogen and oxygen atoms in total. The van der Waals surface area contributed by atoms with Gasteiger partial charge >= 0.3 is 11.8 Å². The number of benzene rings is 1. The molecule has 28 heavy (non-hydrogen) atoms. The molecule has 0 spiro atoms. The van der Waals surface area contributed by atoms with E-state index in [1.807, 2.05) is 0 Å². The van der Waals surface area contributed by atoms with Crippen molar-refractivity contribution in [3.63, 3.8) is 0 Å². The van der Waals surface area contributed by atoms with Gasteiger partial charge in [0.25, 0.3) is 0 Å². The Balaban J connectivity index is 1.56. The number of carbonyl (C=O) groups excluding carboxylic acids is 2. The molecule has 1 aliphatic rings. The number of sulfonamides is 1. The van der Waals surface area contributed by atoms with Crippen LogP contribution in [0, 0.1) is 5.82 Å². The van der Waals surface area contributed by atoms with E-state index in [4.69, 9.17) is 9.15 Å². The summed E-state index contributed by atoms with van der Waals surface area (Å²) in [6, 6.07) is 7.69. The second kappa shape index (κ2) is 8.50. The van der Waals surface area contributed by atoms with Crippen LogP contribution in [-0.4, -0.2) is 50.5 Å². The molecule has 0 saturated carbocycles. The first kappa shape index (κ1) is 20.0. The fourth-order valence-electron chi connectivity index (χ4n) is 2.60. The molecule has 0 unspecified atom stereocenters. The molecule has 1 fully saturated rings. The maximum atomic E-state index is 13.0. The Morgan fingerprint density at radius 2 is 1.86 bits per heavy atom. The molecule has 1 aromatic carbocycles. The van der Waals surface area contributed by atoms with Gasteiger partial charge in [0.1, 0.15) is 17.8 Å². The summed E-state index contributed by atoms with van der Waals surface area (Å²) >= 11 is 0. The van der Waals surface area contributed by atoms with Gasteiger partial charge in [-0.15, -0.1) is 0 Å². The lowest BCUT2D eigenvalue weighted by atomic mass is 10.4. The Labute approximate surface area is 160 Å². The number of halogens is 1. The summed E-state index contributed by atoms with van der Waals surface area (Å²) in [5.74, 6) is -1.89. The zero-order valence-electron chi connectivity index (χ0n) is 14.6. The summed E-state index contributed by atoms with van der Waals surface area (Å²) in [4.78, 5) is 23.6. The van der Waals surface area contributed by atoms with Gasteiger partial charge in [-0.2, -0.15) is 4.31 Å². The molecule has 1 atom stereocenters. The average Bonchev–Trinajstić information content (AvgIpc) is 3.36. The number of hydrogen-bond acceptors (Lipinski definition) is 6. The normalized spacial score (nSPS) is 17.4. The second-order valence-electron chi connectivity index (χ2n) is 5.87. The lowest BCUT2D eigenvalue weighted by Crippen LogP contribution is -2.47. The van der Waals surface area contributed by atoms with Gasteiger partial charge in [0.15, 0.2) is 0 Å². The van der Waals surface area contributed by atoms with Crippen LogP contribution in [0.3, 0.4) is 0 Å². The first-order valence-electron chi connectivity index (χ1n) is 8.35. The highest BCUT2D eigenvalue weighted by Crippen LogP contribution is 2.22. The van der Waals surface area contributed by atoms with Crippen molar-refractivity contribution in [2.75, 3.05) is 19.7 Å². The van der Waals surface area contributed by atoms with Gasteiger partial charge in [-0.05, 0) is 36.4 Å². The van der Waals surface area contributed by atoms with Gasteiger partial charge in [0, 0.05) is 6.54 Å². The SMILES string of the molecule is O=C(NCc1ccco1)C(=O)NC[C@@H]1OCCN1S(=O)(=O)c1ccc(F)cc1. The topological polar surface area (TPSA) is 118 Å². The van der Waals surface area contributed by atoms with Crippen molar-refractivity contribution in [3.05, 3.63) is 54.2 Å². The molecule has 0 radical (unpaired) electrons. The highest BCUT2D eigenvalue weighted by atomic mass is 32.2. The van der Waals surface area contributed by atoms with Gasteiger partial charge in [-0.25, -0.2) is 12.8 Å². The fraction of sp³-hybridized carbons (Fsp3) is 0.294. The Bertz CT molecular complexity index is 930. The van der Waals surface area contributed by atoms with Gasteiger partial charge in [0.2, 0.25) is 10.0 Å². The number of nitrogens with zero attached hydrogens (tertiary/aromatic N) is 1. The van der Waals surface area contributed by atoms with E-state index in [9.17, 15) is 22.4 Å². The average molecular weight is 411 g/mol.